The molecule has 0 heterocycles. The second-order valence-electron chi connectivity index (χ2n) is 3.97. The Labute approximate surface area is 103 Å². The molecule has 0 aliphatic rings. The first kappa shape index (κ1) is 13.5. The van der Waals surface area contributed by atoms with Gasteiger partial charge in [0.2, 0.25) is 0 Å². The highest BCUT2D eigenvalue weighted by atomic mass is 35.5. The lowest BCUT2D eigenvalue weighted by molar-refractivity contribution is 0.226. The van der Waals surface area contributed by atoms with Gasteiger partial charge < -0.3 is 10.4 Å². The van der Waals surface area contributed by atoms with Crippen molar-refractivity contribution >= 4 is 11.6 Å². The van der Waals surface area contributed by atoms with E-state index in [1.54, 1.807) is 0 Å². The summed E-state index contributed by atoms with van der Waals surface area (Å²) in [7, 11) is 0. The largest absolute Gasteiger partial charge is 0.395 e. The minimum atomic E-state index is 0.156. The topological polar surface area (TPSA) is 32.3 Å². The van der Waals surface area contributed by atoms with Gasteiger partial charge in [0, 0.05) is 17.1 Å². The van der Waals surface area contributed by atoms with Crippen molar-refractivity contribution < 1.29 is 5.11 Å². The van der Waals surface area contributed by atoms with Crippen LogP contribution in [0.2, 0.25) is 5.02 Å². The van der Waals surface area contributed by atoms with E-state index in [1.807, 2.05) is 18.2 Å². The van der Waals surface area contributed by atoms with E-state index in [9.17, 15) is 5.11 Å². The molecule has 1 rings (SSSR count). The highest BCUT2D eigenvalue weighted by Gasteiger charge is 2.13. The molecule has 2 nitrogen and oxygen atoms in total. The first-order valence-electron chi connectivity index (χ1n) is 5.83. The fraction of sp³-hybridized carbons (Fsp3) is 0.538. The van der Waals surface area contributed by atoms with Gasteiger partial charge in [-0.3, -0.25) is 0 Å². The minimum absolute atomic E-state index is 0.156. The highest BCUT2D eigenvalue weighted by molar-refractivity contribution is 6.30. The van der Waals surface area contributed by atoms with Crippen LogP contribution in [0.1, 0.15) is 38.3 Å². The van der Waals surface area contributed by atoms with E-state index < -0.39 is 0 Å². The van der Waals surface area contributed by atoms with E-state index in [0.717, 1.165) is 17.9 Å². The number of halogens is 1. The Morgan fingerprint density at radius 2 is 2.06 bits per heavy atom. The van der Waals surface area contributed by atoms with Crippen LogP contribution in [0.15, 0.2) is 24.3 Å². The van der Waals surface area contributed by atoms with Gasteiger partial charge in [0.25, 0.3) is 0 Å². The van der Waals surface area contributed by atoms with Crippen molar-refractivity contribution in [2.75, 3.05) is 6.61 Å². The molecule has 0 aromatic heterocycles. The molecule has 3 heteroatoms. The number of aliphatic hydroxyl groups excluding tert-OH is 1. The summed E-state index contributed by atoms with van der Waals surface area (Å²) in [6.07, 6.45) is 1.91. The van der Waals surface area contributed by atoms with E-state index in [0.29, 0.717) is 0 Å². The molecule has 0 amide bonds. The number of rotatable bonds is 6. The molecule has 1 unspecified atom stereocenters. The number of nitrogens with one attached hydrogen (secondary N) is 1. The van der Waals surface area contributed by atoms with Gasteiger partial charge in [-0.2, -0.15) is 0 Å². The van der Waals surface area contributed by atoms with Gasteiger partial charge in [-0.15, -0.1) is 0 Å². The van der Waals surface area contributed by atoms with E-state index in [2.05, 4.69) is 25.2 Å². The van der Waals surface area contributed by atoms with Crippen LogP contribution < -0.4 is 5.32 Å². The second-order valence-corrected chi connectivity index (χ2v) is 4.41. The second kappa shape index (κ2) is 6.89. The van der Waals surface area contributed by atoms with Crippen LogP contribution in [0.3, 0.4) is 0 Å². The third-order valence-electron chi connectivity index (χ3n) is 2.81. The smallest absolute Gasteiger partial charge is 0.0584 e. The lowest BCUT2D eigenvalue weighted by Gasteiger charge is -2.23. The molecule has 0 saturated heterocycles. The molecule has 0 radical (unpaired) electrons. The molecule has 2 N–H and O–H groups in total. The highest BCUT2D eigenvalue weighted by Crippen LogP contribution is 2.21. The third-order valence-corrected chi connectivity index (χ3v) is 3.04. The molecule has 2 atom stereocenters. The monoisotopic (exact) mass is 241 g/mol. The average molecular weight is 242 g/mol. The first-order chi connectivity index (χ1) is 7.71. The van der Waals surface area contributed by atoms with Crippen molar-refractivity contribution in [2.45, 2.75) is 38.8 Å². The molecule has 0 bridgehead atoms. The van der Waals surface area contributed by atoms with Gasteiger partial charge in [0.05, 0.1) is 6.61 Å². The molecular formula is C13H20ClNO. The Balaban J connectivity index is 2.74. The average Bonchev–Trinajstić information content (AvgIpc) is 2.31. The zero-order chi connectivity index (χ0) is 12.0. The van der Waals surface area contributed by atoms with E-state index in [1.165, 1.54) is 5.56 Å². The molecule has 1 aromatic carbocycles. The standard InChI is InChI=1S/C13H20ClNO/c1-3-12(9-16)15-13(4-2)10-6-5-7-11(14)8-10/h5-8,12-13,15-16H,3-4,9H2,1-2H3/t12-,13?/m1/s1. The predicted octanol–water partition coefficient (Wildman–Crippen LogP) is 3.15. The van der Waals surface area contributed by atoms with Crippen LogP contribution in [0.4, 0.5) is 0 Å². The summed E-state index contributed by atoms with van der Waals surface area (Å²) < 4.78 is 0. The number of hydrogen-bond donors (Lipinski definition) is 2. The van der Waals surface area contributed by atoms with Gasteiger partial charge in [0.1, 0.15) is 0 Å². The Morgan fingerprint density at radius 3 is 2.56 bits per heavy atom. The Morgan fingerprint density at radius 1 is 1.31 bits per heavy atom. The maximum atomic E-state index is 9.18. The fourth-order valence-corrected chi connectivity index (χ4v) is 1.96. The van der Waals surface area contributed by atoms with Crippen molar-refractivity contribution in [3.8, 4) is 0 Å². The van der Waals surface area contributed by atoms with E-state index in [4.69, 9.17) is 11.6 Å². The Bertz CT molecular complexity index is 313. The lowest BCUT2D eigenvalue weighted by atomic mass is 10.0. The zero-order valence-corrected chi connectivity index (χ0v) is 10.7. The minimum Gasteiger partial charge on any atom is -0.395 e. The molecule has 0 saturated carbocycles. The van der Waals surface area contributed by atoms with Gasteiger partial charge in [-0.25, -0.2) is 0 Å². The van der Waals surface area contributed by atoms with Gasteiger partial charge in [-0.1, -0.05) is 37.6 Å². The van der Waals surface area contributed by atoms with Gasteiger partial charge in [0.15, 0.2) is 0 Å². The van der Waals surface area contributed by atoms with Gasteiger partial charge in [-0.05, 0) is 30.5 Å². The van der Waals surface area contributed by atoms with Crippen LogP contribution in [0, 0.1) is 0 Å². The number of aliphatic hydroxyl groups is 1. The molecule has 0 aliphatic heterocycles. The molecule has 1 aromatic rings. The Kier molecular flexibility index (Phi) is 5.81. The maximum absolute atomic E-state index is 9.18. The Hall–Kier alpha value is -0.570. The van der Waals surface area contributed by atoms with Crippen molar-refractivity contribution in [3.05, 3.63) is 34.9 Å². The van der Waals surface area contributed by atoms with Crippen molar-refractivity contribution in [1.29, 1.82) is 0 Å². The molecule has 0 spiro atoms. The normalized spacial score (nSPS) is 14.8. The molecule has 90 valence electrons. The SMILES string of the molecule is CCC(N[C@H](CC)CO)c1cccc(Cl)c1. The quantitative estimate of drug-likeness (QED) is 0.802. The van der Waals surface area contributed by atoms with Crippen LogP contribution in [-0.2, 0) is 0 Å². The van der Waals surface area contributed by atoms with Crippen LogP contribution in [0.25, 0.3) is 0 Å². The summed E-state index contributed by atoms with van der Waals surface area (Å²) in [6.45, 7) is 4.37. The van der Waals surface area contributed by atoms with E-state index in [-0.39, 0.29) is 18.7 Å². The molecule has 16 heavy (non-hydrogen) atoms. The van der Waals surface area contributed by atoms with Crippen LogP contribution >= 0.6 is 11.6 Å². The third kappa shape index (κ3) is 3.78. The molecule has 0 aliphatic carbocycles. The van der Waals surface area contributed by atoms with Crippen LogP contribution in [-0.4, -0.2) is 17.8 Å². The van der Waals surface area contributed by atoms with Gasteiger partial charge >= 0.3 is 0 Å². The zero-order valence-electron chi connectivity index (χ0n) is 9.91. The summed E-state index contributed by atoms with van der Waals surface area (Å²) in [5, 5.41) is 13.4. The fourth-order valence-electron chi connectivity index (χ4n) is 1.76. The number of hydrogen-bond acceptors (Lipinski definition) is 2. The van der Waals surface area contributed by atoms with Crippen LogP contribution in [0.5, 0.6) is 0 Å². The van der Waals surface area contributed by atoms with Crippen molar-refractivity contribution in [3.63, 3.8) is 0 Å². The lowest BCUT2D eigenvalue weighted by Crippen LogP contribution is -2.34. The summed E-state index contributed by atoms with van der Waals surface area (Å²) in [4.78, 5) is 0. The van der Waals surface area contributed by atoms with Crippen molar-refractivity contribution in [1.82, 2.24) is 5.32 Å². The molecular weight excluding hydrogens is 222 g/mol. The summed E-state index contributed by atoms with van der Waals surface area (Å²) in [6, 6.07) is 8.30. The summed E-state index contributed by atoms with van der Waals surface area (Å²) in [5.74, 6) is 0. The summed E-state index contributed by atoms with van der Waals surface area (Å²) in [5.41, 5.74) is 1.18. The first-order valence-corrected chi connectivity index (χ1v) is 6.21. The maximum Gasteiger partial charge on any atom is 0.0584 e. The summed E-state index contributed by atoms with van der Waals surface area (Å²) >= 11 is 5.97. The predicted molar refractivity (Wildman–Crippen MR) is 68.8 cm³/mol. The van der Waals surface area contributed by atoms with E-state index >= 15 is 0 Å². The molecule has 0 fully saturated rings. The number of benzene rings is 1. The van der Waals surface area contributed by atoms with Crippen molar-refractivity contribution in [2.24, 2.45) is 0 Å².